The molecule has 1 atom stereocenters. The van der Waals surface area contributed by atoms with Gasteiger partial charge in [-0.15, -0.1) is 5.11 Å². The molecule has 0 amide bonds. The Morgan fingerprint density at radius 1 is 1.06 bits per heavy atom. The molecule has 4 N–H and O–H groups in total. The number of anilines is 2. The van der Waals surface area contributed by atoms with Crippen LogP contribution < -0.4 is 11.1 Å². The van der Waals surface area contributed by atoms with Crippen LogP contribution >= 0.6 is 23.2 Å². The Balaban J connectivity index is 1.41. The summed E-state index contributed by atoms with van der Waals surface area (Å²) in [5.74, 6) is 0.520. The fraction of sp³-hybridized carbons (Fsp3) is 0.304. The topological polar surface area (TPSA) is 118 Å². The number of halogens is 2. The van der Waals surface area contributed by atoms with E-state index in [0.717, 1.165) is 18.4 Å². The van der Waals surface area contributed by atoms with Crippen molar-refractivity contribution in [2.45, 2.75) is 31.6 Å². The van der Waals surface area contributed by atoms with Crippen LogP contribution in [0.5, 0.6) is 0 Å². The fourth-order valence-corrected chi connectivity index (χ4v) is 3.94. The Labute approximate surface area is 201 Å². The van der Waals surface area contributed by atoms with E-state index < -0.39 is 0 Å². The Morgan fingerprint density at radius 3 is 2.48 bits per heavy atom. The van der Waals surface area contributed by atoms with Gasteiger partial charge in [-0.25, -0.2) is 0 Å². The maximum atomic E-state index is 10.0. The minimum Gasteiger partial charge on any atom is -0.394 e. The molecule has 1 unspecified atom stereocenters. The molecule has 0 spiro atoms. The van der Waals surface area contributed by atoms with E-state index in [4.69, 9.17) is 33.7 Å². The lowest BCUT2D eigenvalue weighted by atomic mass is 9.77. The molecule has 3 aromatic rings. The van der Waals surface area contributed by atoms with Gasteiger partial charge in [0.1, 0.15) is 0 Å². The van der Waals surface area contributed by atoms with Gasteiger partial charge in [-0.05, 0) is 48.6 Å². The first-order valence-electron chi connectivity index (χ1n) is 10.5. The van der Waals surface area contributed by atoms with Gasteiger partial charge in [0.25, 0.3) is 0 Å². The van der Waals surface area contributed by atoms with Crippen molar-refractivity contribution in [2.75, 3.05) is 17.7 Å². The molecule has 1 fully saturated rings. The highest BCUT2D eigenvalue weighted by atomic mass is 35.5. The number of rotatable bonds is 9. The van der Waals surface area contributed by atoms with E-state index in [2.05, 4.69) is 25.5 Å². The number of aliphatic hydroxyl groups is 1. The number of hydrogen-bond donors (Lipinski definition) is 3. The van der Waals surface area contributed by atoms with Gasteiger partial charge in [0, 0.05) is 5.02 Å². The number of aliphatic hydroxyl groups excluding tert-OH is 1. The molecule has 0 saturated heterocycles. The molecule has 0 bridgehead atoms. The summed E-state index contributed by atoms with van der Waals surface area (Å²) in [7, 11) is 0. The van der Waals surface area contributed by atoms with Crippen LogP contribution in [0.3, 0.4) is 0 Å². The quantitative estimate of drug-likeness (QED) is 0.269. The van der Waals surface area contributed by atoms with Crippen LogP contribution in [-0.2, 0) is 11.3 Å². The zero-order chi connectivity index (χ0) is 23.2. The Morgan fingerprint density at radius 2 is 1.79 bits per heavy atom. The van der Waals surface area contributed by atoms with E-state index in [1.165, 1.54) is 0 Å². The minimum absolute atomic E-state index is 0.00214. The van der Waals surface area contributed by atoms with E-state index in [0.29, 0.717) is 23.1 Å². The first kappa shape index (κ1) is 23.4. The van der Waals surface area contributed by atoms with Crippen molar-refractivity contribution in [3.8, 4) is 0 Å². The molecule has 1 aliphatic carbocycles. The van der Waals surface area contributed by atoms with Gasteiger partial charge < -0.3 is 20.9 Å². The number of aromatic nitrogens is 2. The second kappa shape index (κ2) is 10.9. The average Bonchev–Trinajstić information content (AvgIpc) is 2.78. The number of nitrogens with zero attached hydrogens (tertiary/aromatic N) is 4. The number of nitrogens with one attached hydrogen (secondary N) is 1. The molecule has 0 aliphatic heterocycles. The molecule has 33 heavy (non-hydrogen) atoms. The zero-order valence-corrected chi connectivity index (χ0v) is 19.2. The third-order valence-electron chi connectivity index (χ3n) is 5.50. The molecule has 4 rings (SSSR count). The Bertz CT molecular complexity index is 1090. The second-order valence-electron chi connectivity index (χ2n) is 7.83. The van der Waals surface area contributed by atoms with Crippen molar-refractivity contribution in [1.82, 2.24) is 9.97 Å². The molecular formula is C23H24Cl2N6O2. The molecule has 0 radical (unpaired) electrons. The summed E-state index contributed by atoms with van der Waals surface area (Å²) < 4.78 is 5.98. The van der Waals surface area contributed by atoms with Crippen LogP contribution in [0.4, 0.5) is 23.1 Å². The summed E-state index contributed by atoms with van der Waals surface area (Å²) in [4.78, 5) is 8.21. The highest BCUT2D eigenvalue weighted by Gasteiger charge is 2.36. The number of ether oxygens (including phenoxy) is 1. The van der Waals surface area contributed by atoms with Gasteiger partial charge in [0.15, 0.2) is 16.7 Å². The van der Waals surface area contributed by atoms with Gasteiger partial charge in [-0.3, -0.25) is 0 Å². The summed E-state index contributed by atoms with van der Waals surface area (Å²) in [6, 6.07) is 16.7. The second-order valence-corrected chi connectivity index (χ2v) is 8.62. The van der Waals surface area contributed by atoms with Crippen LogP contribution in [0.1, 0.15) is 18.4 Å². The van der Waals surface area contributed by atoms with Gasteiger partial charge in [0.05, 0.1) is 31.0 Å². The van der Waals surface area contributed by atoms with Crippen molar-refractivity contribution in [2.24, 2.45) is 16.1 Å². The first-order valence-corrected chi connectivity index (χ1v) is 11.3. The third-order valence-corrected chi connectivity index (χ3v) is 6.01. The number of nitrogen functional groups attached to an aromatic ring is 1. The lowest BCUT2D eigenvalue weighted by Crippen LogP contribution is -2.44. The number of benzene rings is 2. The van der Waals surface area contributed by atoms with Crippen molar-refractivity contribution in [3.05, 3.63) is 70.3 Å². The SMILES string of the molecule is Nc1nc(Cl)c(N=Nc2ccc(Cl)cc2)c(NC(CO)C2CC(OCc3ccccc3)C2)n1. The van der Waals surface area contributed by atoms with Gasteiger partial charge >= 0.3 is 0 Å². The lowest BCUT2D eigenvalue weighted by Gasteiger charge is -2.40. The molecule has 1 aliphatic rings. The summed E-state index contributed by atoms with van der Waals surface area (Å²) in [6.07, 6.45) is 1.79. The monoisotopic (exact) mass is 486 g/mol. The van der Waals surface area contributed by atoms with Crippen LogP contribution in [0.2, 0.25) is 10.2 Å². The number of hydrogen-bond acceptors (Lipinski definition) is 8. The molecule has 1 saturated carbocycles. The third kappa shape index (κ3) is 6.17. The average molecular weight is 487 g/mol. The van der Waals surface area contributed by atoms with E-state index in [9.17, 15) is 5.11 Å². The fourth-order valence-electron chi connectivity index (χ4n) is 3.60. The van der Waals surface area contributed by atoms with Crippen LogP contribution in [0, 0.1) is 5.92 Å². The molecule has 10 heteroatoms. The largest absolute Gasteiger partial charge is 0.394 e. The van der Waals surface area contributed by atoms with Crippen LogP contribution in [-0.4, -0.2) is 33.8 Å². The highest BCUT2D eigenvalue weighted by molar-refractivity contribution is 6.32. The predicted octanol–water partition coefficient (Wildman–Crippen LogP) is 5.55. The van der Waals surface area contributed by atoms with Crippen molar-refractivity contribution < 1.29 is 9.84 Å². The lowest BCUT2D eigenvalue weighted by molar-refractivity contribution is -0.0484. The minimum atomic E-state index is -0.267. The molecular weight excluding hydrogens is 463 g/mol. The van der Waals surface area contributed by atoms with Crippen LogP contribution in [0.15, 0.2) is 64.8 Å². The van der Waals surface area contributed by atoms with E-state index in [1.54, 1.807) is 24.3 Å². The van der Waals surface area contributed by atoms with Crippen molar-refractivity contribution in [3.63, 3.8) is 0 Å². The summed E-state index contributed by atoms with van der Waals surface area (Å²) in [5, 5.41) is 22.3. The van der Waals surface area contributed by atoms with E-state index >= 15 is 0 Å². The van der Waals surface area contributed by atoms with Gasteiger partial charge in [-0.1, -0.05) is 53.5 Å². The summed E-state index contributed by atoms with van der Waals surface area (Å²) in [6.45, 7) is 0.480. The highest BCUT2D eigenvalue weighted by Crippen LogP contribution is 2.38. The van der Waals surface area contributed by atoms with Crippen molar-refractivity contribution >= 4 is 46.3 Å². The molecule has 2 aromatic carbocycles. The van der Waals surface area contributed by atoms with Crippen molar-refractivity contribution in [1.29, 1.82) is 0 Å². The van der Waals surface area contributed by atoms with E-state index in [1.807, 2.05) is 30.3 Å². The number of nitrogens with two attached hydrogens (primary N) is 1. The van der Waals surface area contributed by atoms with Gasteiger partial charge in [-0.2, -0.15) is 15.1 Å². The molecule has 8 nitrogen and oxygen atoms in total. The molecule has 172 valence electrons. The zero-order valence-electron chi connectivity index (χ0n) is 17.7. The van der Waals surface area contributed by atoms with Crippen LogP contribution in [0.25, 0.3) is 0 Å². The maximum Gasteiger partial charge on any atom is 0.223 e. The first-order chi connectivity index (χ1) is 16.0. The normalized spacial score (nSPS) is 18.8. The Hall–Kier alpha value is -2.78. The molecule has 1 heterocycles. The predicted molar refractivity (Wildman–Crippen MR) is 129 cm³/mol. The standard InChI is InChI=1S/C23H24Cl2N6O2/c24-16-6-8-17(9-7-16)30-31-20-21(25)28-23(26)29-22(20)27-19(12-32)15-10-18(11-15)33-13-14-4-2-1-3-5-14/h1-9,15,18-19,32H,10-13H2,(H3,26,27,28,29). The van der Waals surface area contributed by atoms with Gasteiger partial charge in [0.2, 0.25) is 5.95 Å². The summed E-state index contributed by atoms with van der Waals surface area (Å²) >= 11 is 12.2. The van der Waals surface area contributed by atoms with E-state index in [-0.39, 0.29) is 41.5 Å². The number of azo groups is 1. The maximum absolute atomic E-state index is 10.0. The smallest absolute Gasteiger partial charge is 0.223 e. The molecule has 1 aromatic heterocycles. The summed E-state index contributed by atoms with van der Waals surface area (Å²) in [5.41, 5.74) is 7.77. The Kier molecular flexibility index (Phi) is 7.72.